The Labute approximate surface area is 166 Å². The molecule has 0 spiro atoms. The first kappa shape index (κ1) is 17.5. The fourth-order valence-electron chi connectivity index (χ4n) is 3.52. The molecule has 9 nitrogen and oxygen atoms in total. The topological polar surface area (TPSA) is 89.6 Å². The van der Waals surface area contributed by atoms with Gasteiger partial charge in [-0.1, -0.05) is 0 Å². The molecule has 0 atom stereocenters. The summed E-state index contributed by atoms with van der Waals surface area (Å²) in [5, 5.41) is 2.80. The van der Waals surface area contributed by atoms with Crippen molar-refractivity contribution in [3.8, 4) is 23.0 Å². The van der Waals surface area contributed by atoms with Gasteiger partial charge in [-0.15, -0.1) is 0 Å². The van der Waals surface area contributed by atoms with Crippen molar-refractivity contribution in [2.45, 2.75) is 0 Å². The van der Waals surface area contributed by atoms with Crippen LogP contribution in [0.3, 0.4) is 0 Å². The Bertz CT molecular complexity index is 979. The van der Waals surface area contributed by atoms with Gasteiger partial charge in [0.2, 0.25) is 12.7 Å². The Hall–Kier alpha value is -3.62. The Morgan fingerprint density at radius 2 is 1.62 bits per heavy atom. The zero-order valence-corrected chi connectivity index (χ0v) is 15.6. The van der Waals surface area contributed by atoms with Crippen molar-refractivity contribution in [1.29, 1.82) is 0 Å². The van der Waals surface area contributed by atoms with Crippen molar-refractivity contribution in [1.82, 2.24) is 4.90 Å². The maximum Gasteiger partial charge on any atom is 0.325 e. The quantitative estimate of drug-likeness (QED) is 0.850. The number of nitrogens with one attached hydrogen (secondary N) is 1. The van der Waals surface area contributed by atoms with Crippen LogP contribution >= 0.6 is 0 Å². The van der Waals surface area contributed by atoms with E-state index in [2.05, 4.69) is 5.32 Å². The van der Waals surface area contributed by atoms with Crippen LogP contribution in [0.2, 0.25) is 0 Å². The van der Waals surface area contributed by atoms with Gasteiger partial charge < -0.3 is 29.2 Å². The van der Waals surface area contributed by atoms with Crippen LogP contribution in [0.15, 0.2) is 36.4 Å². The van der Waals surface area contributed by atoms with Gasteiger partial charge in [0.15, 0.2) is 23.0 Å². The van der Waals surface area contributed by atoms with Gasteiger partial charge in [-0.3, -0.25) is 9.69 Å². The van der Waals surface area contributed by atoms with Crippen molar-refractivity contribution < 1.29 is 28.5 Å². The number of rotatable bonds is 4. The highest BCUT2D eigenvalue weighted by atomic mass is 16.7. The number of amides is 3. The van der Waals surface area contributed by atoms with Crippen LogP contribution in [0.25, 0.3) is 0 Å². The number of urea groups is 1. The third-order valence-electron chi connectivity index (χ3n) is 4.92. The summed E-state index contributed by atoms with van der Waals surface area (Å²) in [5.74, 6) is 2.26. The lowest BCUT2D eigenvalue weighted by Crippen LogP contribution is -2.37. The van der Waals surface area contributed by atoms with E-state index in [1.54, 1.807) is 35.2 Å². The summed E-state index contributed by atoms with van der Waals surface area (Å²) in [6, 6.07) is 10.4. The molecule has 0 unspecified atom stereocenters. The number of hydrogen-bond acceptors (Lipinski definition) is 6. The molecular formula is C20H19N3O6. The molecule has 0 saturated carbocycles. The highest BCUT2D eigenvalue weighted by Crippen LogP contribution is 2.36. The standard InChI is InChI=1S/C20H19N3O6/c24-19(21-13-1-3-15-17(9-13)27-8-7-26-15)11-22-5-6-23(20(22)25)14-2-4-16-18(10-14)29-12-28-16/h1-4,9-10H,5-8,11-12H2,(H,21,24). The van der Waals surface area contributed by atoms with E-state index in [9.17, 15) is 9.59 Å². The molecule has 0 radical (unpaired) electrons. The summed E-state index contributed by atoms with van der Waals surface area (Å²) in [6.45, 7) is 2.09. The van der Waals surface area contributed by atoms with Crippen LogP contribution in [-0.4, -0.2) is 56.5 Å². The highest BCUT2D eigenvalue weighted by Gasteiger charge is 2.31. The average molecular weight is 397 g/mol. The number of anilines is 2. The van der Waals surface area contributed by atoms with E-state index in [4.69, 9.17) is 18.9 Å². The van der Waals surface area contributed by atoms with Crippen molar-refractivity contribution in [2.75, 3.05) is 49.9 Å². The van der Waals surface area contributed by atoms with E-state index in [0.29, 0.717) is 60.7 Å². The molecular weight excluding hydrogens is 378 g/mol. The predicted molar refractivity (Wildman–Crippen MR) is 103 cm³/mol. The summed E-state index contributed by atoms with van der Waals surface area (Å²) in [6.07, 6.45) is 0. The number of fused-ring (bicyclic) bond motifs is 2. The van der Waals surface area contributed by atoms with Crippen molar-refractivity contribution in [3.63, 3.8) is 0 Å². The molecule has 0 aromatic heterocycles. The maximum absolute atomic E-state index is 12.7. The molecule has 2 aromatic rings. The minimum atomic E-state index is -0.275. The van der Waals surface area contributed by atoms with Crippen LogP contribution in [-0.2, 0) is 4.79 Å². The van der Waals surface area contributed by atoms with Gasteiger partial charge in [0.1, 0.15) is 19.8 Å². The summed E-state index contributed by atoms with van der Waals surface area (Å²) in [4.78, 5) is 28.3. The lowest BCUT2D eigenvalue weighted by Gasteiger charge is -2.20. The monoisotopic (exact) mass is 397 g/mol. The van der Waals surface area contributed by atoms with Gasteiger partial charge in [0.25, 0.3) is 0 Å². The van der Waals surface area contributed by atoms with Crippen LogP contribution in [0.5, 0.6) is 23.0 Å². The SMILES string of the molecule is O=C(CN1CCN(c2ccc3c(c2)OCO3)C1=O)Nc1ccc2c(c1)OCCO2. The molecule has 150 valence electrons. The van der Waals surface area contributed by atoms with Crippen molar-refractivity contribution >= 4 is 23.3 Å². The number of hydrogen-bond donors (Lipinski definition) is 1. The fourth-order valence-corrected chi connectivity index (χ4v) is 3.52. The highest BCUT2D eigenvalue weighted by molar-refractivity contribution is 5.99. The molecule has 3 heterocycles. The van der Waals surface area contributed by atoms with Crippen LogP contribution < -0.4 is 29.2 Å². The van der Waals surface area contributed by atoms with Gasteiger partial charge in [-0.25, -0.2) is 4.79 Å². The molecule has 1 fully saturated rings. The van der Waals surface area contributed by atoms with Gasteiger partial charge in [-0.05, 0) is 24.3 Å². The normalized spacial score (nSPS) is 16.9. The predicted octanol–water partition coefficient (Wildman–Crippen LogP) is 2.07. The summed E-state index contributed by atoms with van der Waals surface area (Å²) in [5.41, 5.74) is 1.31. The molecule has 2 aromatic carbocycles. The largest absolute Gasteiger partial charge is 0.486 e. The average Bonchev–Trinajstić information content (AvgIpc) is 3.34. The lowest BCUT2D eigenvalue weighted by atomic mass is 10.2. The Balaban J connectivity index is 1.22. The Morgan fingerprint density at radius 1 is 0.897 bits per heavy atom. The zero-order valence-electron chi connectivity index (χ0n) is 15.6. The zero-order chi connectivity index (χ0) is 19.8. The first-order valence-electron chi connectivity index (χ1n) is 9.33. The molecule has 3 aliphatic rings. The summed E-state index contributed by atoms with van der Waals surface area (Å²) in [7, 11) is 0. The van der Waals surface area contributed by atoms with Crippen molar-refractivity contribution in [3.05, 3.63) is 36.4 Å². The second-order valence-electron chi connectivity index (χ2n) is 6.80. The number of benzene rings is 2. The van der Waals surface area contributed by atoms with Gasteiger partial charge >= 0.3 is 6.03 Å². The van der Waals surface area contributed by atoms with Gasteiger partial charge in [0.05, 0.1) is 0 Å². The molecule has 3 aliphatic heterocycles. The van der Waals surface area contributed by atoms with Gasteiger partial charge in [-0.2, -0.15) is 0 Å². The molecule has 0 bridgehead atoms. The number of ether oxygens (including phenoxy) is 4. The van der Waals surface area contributed by atoms with Gasteiger partial charge in [0, 0.05) is 36.6 Å². The second-order valence-corrected chi connectivity index (χ2v) is 6.80. The minimum Gasteiger partial charge on any atom is -0.486 e. The minimum absolute atomic E-state index is 0.0334. The molecule has 1 saturated heterocycles. The van der Waals surface area contributed by atoms with E-state index in [0.717, 1.165) is 0 Å². The maximum atomic E-state index is 12.7. The molecule has 1 N–H and O–H groups in total. The number of carbonyl (C=O) groups excluding carboxylic acids is 2. The summed E-state index contributed by atoms with van der Waals surface area (Å²) >= 11 is 0. The third-order valence-corrected chi connectivity index (χ3v) is 4.92. The molecule has 9 heteroatoms. The number of carbonyl (C=O) groups is 2. The third kappa shape index (κ3) is 3.35. The first-order chi connectivity index (χ1) is 14.2. The first-order valence-corrected chi connectivity index (χ1v) is 9.33. The molecule has 5 rings (SSSR count). The van der Waals surface area contributed by atoms with Crippen molar-refractivity contribution in [2.24, 2.45) is 0 Å². The molecule has 3 amide bonds. The Morgan fingerprint density at radius 3 is 2.52 bits per heavy atom. The van der Waals surface area contributed by atoms with E-state index in [1.165, 1.54) is 4.90 Å². The number of nitrogens with zero attached hydrogens (tertiary/aromatic N) is 2. The fraction of sp³-hybridized carbons (Fsp3) is 0.300. The summed E-state index contributed by atoms with van der Waals surface area (Å²) < 4.78 is 21.7. The molecule has 0 aliphatic carbocycles. The van der Waals surface area contributed by atoms with E-state index in [-0.39, 0.29) is 25.3 Å². The lowest BCUT2D eigenvalue weighted by molar-refractivity contribution is -0.116. The second kappa shape index (κ2) is 7.08. The van der Waals surface area contributed by atoms with E-state index < -0.39 is 0 Å². The van der Waals surface area contributed by atoms with Crippen LogP contribution in [0.1, 0.15) is 0 Å². The molecule has 29 heavy (non-hydrogen) atoms. The van der Waals surface area contributed by atoms with Crippen LogP contribution in [0, 0.1) is 0 Å². The Kier molecular flexibility index (Phi) is 4.27. The van der Waals surface area contributed by atoms with Crippen LogP contribution in [0.4, 0.5) is 16.2 Å². The van der Waals surface area contributed by atoms with E-state index in [1.807, 2.05) is 6.07 Å². The van der Waals surface area contributed by atoms with E-state index >= 15 is 0 Å². The smallest absolute Gasteiger partial charge is 0.325 e.